The lowest BCUT2D eigenvalue weighted by atomic mass is 9.86. The molecule has 0 spiro atoms. The first-order chi connectivity index (χ1) is 28.8. The van der Waals surface area contributed by atoms with Crippen molar-refractivity contribution < 1.29 is 0 Å². The first-order valence-electron chi connectivity index (χ1n) is 21.0. The minimum absolute atomic E-state index is 0.661. The molecule has 0 unspecified atom stereocenters. The van der Waals surface area contributed by atoms with Crippen LogP contribution in [-0.2, 0) is 0 Å². The van der Waals surface area contributed by atoms with Gasteiger partial charge in [0.2, 0.25) is 0 Å². The fourth-order valence-electron chi connectivity index (χ4n) is 9.01. The van der Waals surface area contributed by atoms with Gasteiger partial charge in [-0.2, -0.15) is 5.26 Å². The summed E-state index contributed by atoms with van der Waals surface area (Å²) in [5.74, 6) is 0. The second-order valence-electron chi connectivity index (χ2n) is 18.4. The molecule has 0 aliphatic rings. The predicted octanol–water partition coefficient (Wildman–Crippen LogP) is 14.8. The number of hydrogen-bond donors (Lipinski definition) is 0. The molecule has 0 bridgehead atoms. The van der Waals surface area contributed by atoms with Gasteiger partial charge >= 0.3 is 0 Å². The molecule has 0 amide bonds. The Labute approximate surface area is 357 Å². The number of nitriles is 1. The van der Waals surface area contributed by atoms with Gasteiger partial charge < -0.3 is 9.80 Å². The van der Waals surface area contributed by atoms with Gasteiger partial charge in [0.15, 0.2) is 0 Å². The van der Waals surface area contributed by atoms with E-state index in [9.17, 15) is 5.26 Å². The fourth-order valence-corrected chi connectivity index (χ4v) is 11.3. The maximum absolute atomic E-state index is 11.0. The molecular formula is C55H51N3Si2. The van der Waals surface area contributed by atoms with Crippen molar-refractivity contribution in [1.29, 1.82) is 5.26 Å². The van der Waals surface area contributed by atoms with E-state index in [4.69, 9.17) is 0 Å². The molecule has 0 aliphatic carbocycles. The average molecular weight is 810 g/mol. The molecule has 0 N–H and O–H groups in total. The van der Waals surface area contributed by atoms with Crippen molar-refractivity contribution in [3.05, 3.63) is 180 Å². The van der Waals surface area contributed by atoms with Crippen LogP contribution in [0.15, 0.2) is 164 Å². The Balaban J connectivity index is 1.40. The number of nitrogens with zero attached hydrogens (tertiary/aromatic N) is 3. The third kappa shape index (κ3) is 6.96. The zero-order valence-corrected chi connectivity index (χ0v) is 37.9. The summed E-state index contributed by atoms with van der Waals surface area (Å²) in [5, 5.41) is 20.5. The van der Waals surface area contributed by atoms with E-state index in [2.05, 4.69) is 233 Å². The molecule has 60 heavy (non-hydrogen) atoms. The third-order valence-corrected chi connectivity index (χ3v) is 16.1. The Morgan fingerprint density at radius 3 is 1.37 bits per heavy atom. The normalized spacial score (nSPS) is 12.0. The van der Waals surface area contributed by atoms with Crippen molar-refractivity contribution in [1.82, 2.24) is 0 Å². The van der Waals surface area contributed by atoms with Gasteiger partial charge in [0, 0.05) is 49.7 Å². The van der Waals surface area contributed by atoms with E-state index in [1.165, 1.54) is 26.9 Å². The van der Waals surface area contributed by atoms with E-state index >= 15 is 0 Å². The molecule has 0 fully saturated rings. The Hall–Kier alpha value is -6.46. The van der Waals surface area contributed by atoms with Gasteiger partial charge in [-0.1, -0.05) is 153 Å². The fraction of sp³-hybridized carbons (Fsp3) is 0.145. The lowest BCUT2D eigenvalue weighted by molar-refractivity contribution is 1.26. The van der Waals surface area contributed by atoms with Crippen LogP contribution in [-0.4, -0.2) is 16.1 Å². The lowest BCUT2D eigenvalue weighted by Crippen LogP contribution is -2.37. The van der Waals surface area contributed by atoms with Gasteiger partial charge in [-0.3, -0.25) is 0 Å². The molecule has 0 radical (unpaired) electrons. The molecule has 9 rings (SSSR count). The Kier molecular flexibility index (Phi) is 9.74. The average Bonchev–Trinajstić information content (AvgIpc) is 3.23. The molecule has 0 saturated carbocycles. The van der Waals surface area contributed by atoms with Crippen LogP contribution in [0.4, 0.5) is 34.1 Å². The summed E-state index contributed by atoms with van der Waals surface area (Å²) in [7, 11) is -3.07. The summed E-state index contributed by atoms with van der Waals surface area (Å²) >= 11 is 0. The molecule has 9 aromatic carbocycles. The highest BCUT2D eigenvalue weighted by atomic mass is 28.3. The number of benzene rings is 9. The van der Waals surface area contributed by atoms with Crippen LogP contribution in [0.1, 0.15) is 16.7 Å². The van der Waals surface area contributed by atoms with E-state index in [1.54, 1.807) is 0 Å². The zero-order chi connectivity index (χ0) is 41.9. The van der Waals surface area contributed by atoms with Crippen LogP contribution in [0, 0.1) is 25.2 Å². The number of hydrogen-bond acceptors (Lipinski definition) is 3. The van der Waals surface area contributed by atoms with Gasteiger partial charge in [-0.15, -0.1) is 0 Å². The Morgan fingerprint density at radius 2 is 0.850 bits per heavy atom. The van der Waals surface area contributed by atoms with Crippen LogP contribution in [0.25, 0.3) is 43.4 Å². The van der Waals surface area contributed by atoms with Crippen LogP contribution in [0.5, 0.6) is 0 Å². The first kappa shape index (κ1) is 39.0. The summed E-state index contributed by atoms with van der Waals surface area (Å²) < 4.78 is 0. The molecule has 0 heterocycles. The topological polar surface area (TPSA) is 30.3 Å². The van der Waals surface area contributed by atoms with Crippen LogP contribution in [0.2, 0.25) is 39.3 Å². The van der Waals surface area contributed by atoms with Crippen molar-refractivity contribution in [2.45, 2.75) is 53.1 Å². The van der Waals surface area contributed by atoms with Gasteiger partial charge in [-0.25, -0.2) is 0 Å². The Bertz CT molecular complexity index is 3040. The molecule has 3 nitrogen and oxygen atoms in total. The van der Waals surface area contributed by atoms with E-state index in [-0.39, 0.29) is 0 Å². The lowest BCUT2D eigenvalue weighted by Gasteiger charge is -2.31. The van der Waals surface area contributed by atoms with Crippen molar-refractivity contribution in [2.24, 2.45) is 0 Å². The molecule has 0 atom stereocenters. The summed E-state index contributed by atoms with van der Waals surface area (Å²) in [6.45, 7) is 18.7. The van der Waals surface area contributed by atoms with Gasteiger partial charge in [0.05, 0.1) is 39.2 Å². The number of anilines is 6. The quantitative estimate of drug-likeness (QED) is 0.107. The maximum Gasteiger partial charge on any atom is 0.0998 e. The SMILES string of the molecule is Cc1cc(C)cc(N(c2ccc([Si](C)(C)C)cc2)c2cc(C#N)c3ccc4c(N(c5ccccc5)c5ccc([Si](C)(C)C)cc5)cc(-c5ccccc5)c5ccc2c3c54)c1. The minimum Gasteiger partial charge on any atom is -0.310 e. The van der Waals surface area contributed by atoms with Crippen LogP contribution in [0.3, 0.4) is 0 Å². The Morgan fingerprint density at radius 1 is 0.417 bits per heavy atom. The smallest absolute Gasteiger partial charge is 0.0998 e. The molecule has 0 aromatic heterocycles. The zero-order valence-electron chi connectivity index (χ0n) is 35.9. The number of para-hydroxylation sites is 1. The molecule has 0 saturated heterocycles. The highest BCUT2D eigenvalue weighted by Gasteiger charge is 2.26. The first-order valence-corrected chi connectivity index (χ1v) is 28.0. The summed E-state index contributed by atoms with van der Waals surface area (Å²) in [5.41, 5.74) is 11.8. The third-order valence-electron chi connectivity index (χ3n) is 12.0. The van der Waals surface area contributed by atoms with E-state index < -0.39 is 16.1 Å². The van der Waals surface area contributed by atoms with Crippen molar-refractivity contribution in [3.63, 3.8) is 0 Å². The second kappa shape index (κ2) is 15.0. The number of aryl methyl sites for hydroxylation is 2. The summed E-state index contributed by atoms with van der Waals surface area (Å²) in [4.78, 5) is 4.79. The summed E-state index contributed by atoms with van der Waals surface area (Å²) in [6, 6.07) is 62.8. The van der Waals surface area contributed by atoms with E-state index in [0.29, 0.717) is 5.56 Å². The number of rotatable bonds is 9. The molecular weight excluding hydrogens is 759 g/mol. The standard InChI is InChI=1S/C55H51N3Si2/c1-37-31-38(2)33-44(32-37)58(43-21-25-46(26-22-43)60(6,7)8)52-34-40(36-56)47-27-29-50-53(35-51(39-15-11-9-12-16-39)48-28-30-49(52)54(47)55(48)50)57(41-17-13-10-14-18-41)42-19-23-45(24-20-42)59(3,4)5/h9-35H,1-8H3. The van der Waals surface area contributed by atoms with Gasteiger partial charge in [0.1, 0.15) is 0 Å². The molecule has 5 heteroatoms. The van der Waals surface area contributed by atoms with Crippen LogP contribution >= 0.6 is 0 Å². The monoisotopic (exact) mass is 809 g/mol. The van der Waals surface area contributed by atoms with E-state index in [0.717, 1.165) is 72.2 Å². The van der Waals surface area contributed by atoms with Crippen molar-refractivity contribution in [3.8, 4) is 17.2 Å². The molecule has 294 valence electrons. The highest BCUT2D eigenvalue weighted by Crippen LogP contribution is 2.50. The second-order valence-corrected chi connectivity index (χ2v) is 28.5. The largest absolute Gasteiger partial charge is 0.310 e. The minimum atomic E-state index is -1.54. The van der Waals surface area contributed by atoms with Gasteiger partial charge in [-0.05, 0) is 102 Å². The maximum atomic E-state index is 11.0. The summed E-state index contributed by atoms with van der Waals surface area (Å²) in [6.07, 6.45) is 0. The van der Waals surface area contributed by atoms with Crippen molar-refractivity contribution in [2.75, 3.05) is 9.80 Å². The predicted molar refractivity (Wildman–Crippen MR) is 265 cm³/mol. The van der Waals surface area contributed by atoms with Crippen LogP contribution < -0.4 is 20.2 Å². The molecule has 0 aliphatic heterocycles. The van der Waals surface area contributed by atoms with Crippen molar-refractivity contribution >= 4 is 93.0 Å². The highest BCUT2D eigenvalue weighted by molar-refractivity contribution is 6.89. The van der Waals surface area contributed by atoms with Gasteiger partial charge in [0.25, 0.3) is 0 Å². The van der Waals surface area contributed by atoms with E-state index in [1.807, 2.05) is 0 Å². The molecule has 9 aromatic rings.